The zero-order valence-corrected chi connectivity index (χ0v) is 14.9. The molecule has 4 aromatic rings. The fraction of sp³-hybridized carbons (Fsp3) is 0.0476. The number of aromatic amines is 1. The van der Waals surface area contributed by atoms with Gasteiger partial charge in [-0.3, -0.25) is 4.79 Å². The summed E-state index contributed by atoms with van der Waals surface area (Å²) in [7, 11) is 0. The number of carboxylic acid groups (broad SMARTS) is 1. The Kier molecular flexibility index (Phi) is 4.52. The maximum Gasteiger partial charge on any atom is 0.307 e. The Morgan fingerprint density at radius 3 is 2.67 bits per heavy atom. The van der Waals surface area contributed by atoms with Crippen molar-refractivity contribution in [1.82, 2.24) is 9.97 Å². The molecule has 3 aromatic carbocycles. The second kappa shape index (κ2) is 7.13. The number of imidazole rings is 1. The van der Waals surface area contributed by atoms with Crippen molar-refractivity contribution in [3.63, 3.8) is 0 Å². The molecular formula is C21H15ClN2O3. The van der Waals surface area contributed by atoms with Crippen molar-refractivity contribution < 1.29 is 14.6 Å². The van der Waals surface area contributed by atoms with Gasteiger partial charge in [-0.25, -0.2) is 0 Å². The lowest BCUT2D eigenvalue weighted by atomic mass is 10.1. The van der Waals surface area contributed by atoms with E-state index in [2.05, 4.69) is 9.97 Å². The fourth-order valence-corrected chi connectivity index (χ4v) is 3.17. The van der Waals surface area contributed by atoms with Crippen LogP contribution in [-0.4, -0.2) is 21.0 Å². The third-order valence-electron chi connectivity index (χ3n) is 4.10. The molecule has 0 saturated heterocycles. The Hall–Kier alpha value is -3.31. The number of fused-ring (bicyclic) bond motifs is 1. The number of hydrogen-bond acceptors (Lipinski definition) is 3. The summed E-state index contributed by atoms with van der Waals surface area (Å²) in [6.07, 6.45) is -0.0621. The van der Waals surface area contributed by atoms with Crippen LogP contribution in [0.2, 0.25) is 5.02 Å². The third-order valence-corrected chi connectivity index (χ3v) is 4.41. The Labute approximate surface area is 160 Å². The summed E-state index contributed by atoms with van der Waals surface area (Å²) in [4.78, 5) is 18.4. The van der Waals surface area contributed by atoms with E-state index in [1.54, 1.807) is 24.3 Å². The van der Waals surface area contributed by atoms with Crippen molar-refractivity contribution in [3.05, 3.63) is 77.3 Å². The van der Waals surface area contributed by atoms with E-state index in [4.69, 9.17) is 21.4 Å². The number of benzene rings is 3. The summed E-state index contributed by atoms with van der Waals surface area (Å²) in [6, 6.07) is 20.8. The highest BCUT2D eigenvalue weighted by molar-refractivity contribution is 6.34. The number of rotatable bonds is 5. The number of carbonyl (C=O) groups is 1. The molecule has 0 amide bonds. The van der Waals surface area contributed by atoms with E-state index in [1.807, 2.05) is 42.5 Å². The molecule has 134 valence electrons. The van der Waals surface area contributed by atoms with Crippen LogP contribution in [0.5, 0.6) is 11.8 Å². The number of hydrogen-bond donors (Lipinski definition) is 2. The Morgan fingerprint density at radius 2 is 1.89 bits per heavy atom. The normalized spacial score (nSPS) is 10.9. The molecule has 1 heterocycles. The molecule has 0 radical (unpaired) electrons. The minimum atomic E-state index is -0.890. The summed E-state index contributed by atoms with van der Waals surface area (Å²) in [5.74, 6) is -0.374. The summed E-state index contributed by atoms with van der Waals surface area (Å²) in [5.41, 5.74) is 4.05. The van der Waals surface area contributed by atoms with Crippen molar-refractivity contribution in [2.75, 3.05) is 0 Å². The summed E-state index contributed by atoms with van der Waals surface area (Å²) >= 11 is 6.43. The molecule has 2 N–H and O–H groups in total. The molecule has 0 aliphatic heterocycles. The van der Waals surface area contributed by atoms with Crippen molar-refractivity contribution in [3.8, 4) is 22.9 Å². The molecule has 0 spiro atoms. The van der Waals surface area contributed by atoms with Crippen molar-refractivity contribution >= 4 is 28.6 Å². The van der Waals surface area contributed by atoms with Gasteiger partial charge in [-0.2, -0.15) is 4.98 Å². The maximum absolute atomic E-state index is 10.9. The van der Waals surface area contributed by atoms with Crippen LogP contribution in [-0.2, 0) is 11.2 Å². The van der Waals surface area contributed by atoms with Crippen LogP contribution in [0.15, 0.2) is 66.7 Å². The lowest BCUT2D eigenvalue weighted by molar-refractivity contribution is -0.136. The minimum absolute atomic E-state index is 0.0621. The van der Waals surface area contributed by atoms with Gasteiger partial charge < -0.3 is 14.8 Å². The maximum atomic E-state index is 10.9. The Bertz CT molecular complexity index is 1120. The summed E-state index contributed by atoms with van der Waals surface area (Å²) < 4.78 is 5.77. The number of halogens is 1. The monoisotopic (exact) mass is 378 g/mol. The van der Waals surface area contributed by atoms with Crippen LogP contribution in [0.25, 0.3) is 22.2 Å². The highest BCUT2D eigenvalue weighted by Gasteiger charge is 2.11. The van der Waals surface area contributed by atoms with Gasteiger partial charge in [0.1, 0.15) is 5.75 Å². The van der Waals surface area contributed by atoms with Gasteiger partial charge in [-0.1, -0.05) is 54.1 Å². The first kappa shape index (κ1) is 17.1. The van der Waals surface area contributed by atoms with Gasteiger partial charge in [-0.05, 0) is 35.4 Å². The molecule has 5 nitrogen and oxygen atoms in total. The highest BCUT2D eigenvalue weighted by Crippen LogP contribution is 2.32. The van der Waals surface area contributed by atoms with Gasteiger partial charge in [0, 0.05) is 5.56 Å². The van der Waals surface area contributed by atoms with E-state index < -0.39 is 5.97 Å². The largest absolute Gasteiger partial charge is 0.481 e. The highest BCUT2D eigenvalue weighted by atomic mass is 35.5. The number of carboxylic acids is 1. The molecule has 0 aliphatic rings. The summed E-state index contributed by atoms with van der Waals surface area (Å²) in [5, 5.41) is 9.53. The fourth-order valence-electron chi connectivity index (χ4n) is 2.90. The smallest absolute Gasteiger partial charge is 0.307 e. The molecule has 0 atom stereocenters. The van der Waals surface area contributed by atoms with Crippen molar-refractivity contribution in [2.24, 2.45) is 0 Å². The number of H-pyrrole nitrogens is 1. The van der Waals surface area contributed by atoms with Gasteiger partial charge in [0.2, 0.25) is 0 Å². The molecule has 0 saturated carbocycles. The molecule has 6 heteroatoms. The molecule has 1 aromatic heterocycles. The van der Waals surface area contributed by atoms with Gasteiger partial charge in [0.05, 0.1) is 22.5 Å². The van der Waals surface area contributed by atoms with E-state index in [0.717, 1.165) is 22.2 Å². The Balaban J connectivity index is 1.65. The lowest BCUT2D eigenvalue weighted by Gasteiger charge is -2.03. The van der Waals surface area contributed by atoms with Gasteiger partial charge in [-0.15, -0.1) is 0 Å². The number of aromatic nitrogens is 2. The molecule has 0 bridgehead atoms. The molecule has 27 heavy (non-hydrogen) atoms. The zero-order chi connectivity index (χ0) is 18.8. The van der Waals surface area contributed by atoms with Crippen LogP contribution < -0.4 is 4.74 Å². The average molecular weight is 379 g/mol. The lowest BCUT2D eigenvalue weighted by Crippen LogP contribution is -1.99. The van der Waals surface area contributed by atoms with E-state index in [9.17, 15) is 4.79 Å². The third kappa shape index (κ3) is 3.78. The predicted octanol–water partition coefficient (Wildman–Crippen LogP) is 5.30. The van der Waals surface area contributed by atoms with E-state index in [0.29, 0.717) is 22.3 Å². The quantitative estimate of drug-likeness (QED) is 0.494. The molecule has 0 aliphatic carbocycles. The SMILES string of the molecule is O=C(O)Cc1cccc(Oc2nc3cc(-c4ccccc4)c(Cl)cc3[nH]2)c1. The van der Waals surface area contributed by atoms with Crippen molar-refractivity contribution in [1.29, 1.82) is 0 Å². The van der Waals surface area contributed by atoms with Gasteiger partial charge in [0.25, 0.3) is 6.01 Å². The number of nitrogens with zero attached hydrogens (tertiary/aromatic N) is 1. The molecular weight excluding hydrogens is 364 g/mol. The molecule has 0 unspecified atom stereocenters. The molecule has 4 rings (SSSR count). The second-order valence-electron chi connectivity index (χ2n) is 6.08. The second-order valence-corrected chi connectivity index (χ2v) is 6.48. The number of ether oxygens (including phenoxy) is 1. The van der Waals surface area contributed by atoms with Gasteiger partial charge in [0.15, 0.2) is 0 Å². The number of aliphatic carboxylic acids is 1. The van der Waals surface area contributed by atoms with Crippen LogP contribution in [0, 0.1) is 0 Å². The summed E-state index contributed by atoms with van der Waals surface area (Å²) in [6.45, 7) is 0. The van der Waals surface area contributed by atoms with Crippen LogP contribution in [0.4, 0.5) is 0 Å². The average Bonchev–Trinajstić information content (AvgIpc) is 3.02. The number of nitrogens with one attached hydrogen (secondary N) is 1. The first-order valence-corrected chi connectivity index (χ1v) is 8.69. The first-order chi connectivity index (χ1) is 13.1. The van der Waals surface area contributed by atoms with E-state index in [-0.39, 0.29) is 6.42 Å². The van der Waals surface area contributed by atoms with Crippen LogP contribution >= 0.6 is 11.6 Å². The Morgan fingerprint density at radius 1 is 1.07 bits per heavy atom. The molecule has 0 fully saturated rings. The van der Waals surface area contributed by atoms with Crippen molar-refractivity contribution in [2.45, 2.75) is 6.42 Å². The minimum Gasteiger partial charge on any atom is -0.481 e. The van der Waals surface area contributed by atoms with Crippen LogP contribution in [0.3, 0.4) is 0 Å². The van der Waals surface area contributed by atoms with E-state index >= 15 is 0 Å². The standard InChI is InChI=1S/C21H15ClN2O3/c22-17-12-19-18(11-16(17)14-6-2-1-3-7-14)23-21(24-19)27-15-8-4-5-13(9-15)10-20(25)26/h1-9,11-12H,10H2,(H,23,24)(H,25,26). The predicted molar refractivity (Wildman–Crippen MR) is 104 cm³/mol. The van der Waals surface area contributed by atoms with Crippen LogP contribution in [0.1, 0.15) is 5.56 Å². The van der Waals surface area contributed by atoms with E-state index in [1.165, 1.54) is 0 Å². The van der Waals surface area contributed by atoms with Gasteiger partial charge >= 0.3 is 5.97 Å². The zero-order valence-electron chi connectivity index (χ0n) is 14.1. The topological polar surface area (TPSA) is 75.2 Å². The first-order valence-electron chi connectivity index (χ1n) is 8.32.